The second-order valence-corrected chi connectivity index (χ2v) is 7.52. The molecule has 21 heavy (non-hydrogen) atoms. The van der Waals surface area contributed by atoms with E-state index in [1.807, 2.05) is 26.8 Å². The Morgan fingerprint density at radius 1 is 1.19 bits per heavy atom. The normalized spacial score (nSPS) is 39.0. The predicted molar refractivity (Wildman–Crippen MR) is 80.9 cm³/mol. The molecule has 2 fully saturated rings. The van der Waals surface area contributed by atoms with Gasteiger partial charge in [-0.2, -0.15) is 10.1 Å². The average molecular weight is 286 g/mol. The van der Waals surface area contributed by atoms with Gasteiger partial charge in [-0.1, -0.05) is 13.8 Å². The summed E-state index contributed by atoms with van der Waals surface area (Å²) in [5.74, 6) is 1.74. The summed E-state index contributed by atoms with van der Waals surface area (Å²) in [5.41, 5.74) is 2.21. The Bertz CT molecular complexity index is 648. The van der Waals surface area contributed by atoms with Crippen molar-refractivity contribution in [3.05, 3.63) is 17.5 Å². The molecule has 1 aromatic rings. The van der Waals surface area contributed by atoms with Crippen LogP contribution in [0.25, 0.3) is 0 Å². The third-order valence-corrected chi connectivity index (χ3v) is 5.75. The van der Waals surface area contributed by atoms with E-state index in [4.69, 9.17) is 0 Å². The van der Waals surface area contributed by atoms with Crippen LogP contribution in [0.3, 0.4) is 0 Å². The van der Waals surface area contributed by atoms with Crippen molar-refractivity contribution in [3.63, 3.8) is 0 Å². The molecular weight excluding hydrogens is 264 g/mol. The summed E-state index contributed by atoms with van der Waals surface area (Å²) < 4.78 is 0. The number of nitrogens with zero attached hydrogens (tertiary/aromatic N) is 4. The molecule has 0 spiro atoms. The molecule has 112 valence electrons. The van der Waals surface area contributed by atoms with Crippen molar-refractivity contribution in [2.75, 3.05) is 5.01 Å². The van der Waals surface area contributed by atoms with E-state index in [1.54, 1.807) is 5.01 Å². The predicted octanol–water partition coefficient (Wildman–Crippen LogP) is 2.27. The maximum Gasteiger partial charge on any atom is 0.249 e. The van der Waals surface area contributed by atoms with Gasteiger partial charge in [-0.05, 0) is 44.1 Å². The lowest BCUT2D eigenvalue weighted by molar-refractivity contribution is 0.00554. The molecular formula is C16H22N4O. The van der Waals surface area contributed by atoms with Gasteiger partial charge in [0.1, 0.15) is 0 Å². The first-order valence-corrected chi connectivity index (χ1v) is 7.65. The van der Waals surface area contributed by atoms with Gasteiger partial charge in [0.05, 0.1) is 5.92 Å². The molecule has 1 aromatic heterocycles. The number of aliphatic hydroxyl groups is 1. The third-order valence-electron chi connectivity index (χ3n) is 5.75. The molecule has 0 amide bonds. The standard InChI is InChI=1S/C16H22N4O/c1-8-6-9(2)18-14(17-8)20-16(21)7-11-13(15(11,4)5)12(16)10(3)19-20/h6,11-13,21H,7H2,1-5H3/t11-,12-,13-,16-/m0/s1. The van der Waals surface area contributed by atoms with Gasteiger partial charge in [-0.15, -0.1) is 0 Å². The van der Waals surface area contributed by atoms with Gasteiger partial charge in [0.15, 0.2) is 5.72 Å². The van der Waals surface area contributed by atoms with Crippen LogP contribution in [0.2, 0.25) is 0 Å². The van der Waals surface area contributed by atoms with E-state index in [9.17, 15) is 5.11 Å². The molecule has 2 aliphatic carbocycles. The molecule has 3 aliphatic rings. The summed E-state index contributed by atoms with van der Waals surface area (Å²) in [6, 6.07) is 1.94. The summed E-state index contributed by atoms with van der Waals surface area (Å²) in [6.07, 6.45) is 0.756. The fourth-order valence-electron chi connectivity index (χ4n) is 4.72. The highest BCUT2D eigenvalue weighted by Gasteiger charge is 2.75. The fraction of sp³-hybridized carbons (Fsp3) is 0.688. The Morgan fingerprint density at radius 3 is 2.43 bits per heavy atom. The fourth-order valence-corrected chi connectivity index (χ4v) is 4.72. The van der Waals surface area contributed by atoms with Crippen molar-refractivity contribution in [2.24, 2.45) is 28.3 Å². The maximum atomic E-state index is 11.3. The third kappa shape index (κ3) is 1.53. The van der Waals surface area contributed by atoms with Crippen LogP contribution in [0.1, 0.15) is 38.6 Å². The maximum absolute atomic E-state index is 11.3. The van der Waals surface area contributed by atoms with Crippen LogP contribution in [-0.4, -0.2) is 26.5 Å². The van der Waals surface area contributed by atoms with Crippen LogP contribution in [0, 0.1) is 37.0 Å². The van der Waals surface area contributed by atoms with Crippen molar-refractivity contribution in [2.45, 2.75) is 46.8 Å². The average Bonchev–Trinajstić information content (AvgIpc) is 2.69. The summed E-state index contributed by atoms with van der Waals surface area (Å²) in [5, 5.41) is 17.6. The summed E-state index contributed by atoms with van der Waals surface area (Å²) in [7, 11) is 0. The van der Waals surface area contributed by atoms with Crippen LogP contribution in [0.15, 0.2) is 11.2 Å². The molecule has 0 radical (unpaired) electrons. The highest BCUT2D eigenvalue weighted by Crippen LogP contribution is 2.73. The Hall–Kier alpha value is -1.49. The molecule has 2 heterocycles. The quantitative estimate of drug-likeness (QED) is 0.860. The Kier molecular flexibility index (Phi) is 2.28. The van der Waals surface area contributed by atoms with Gasteiger partial charge in [0.2, 0.25) is 5.95 Å². The minimum absolute atomic E-state index is 0.113. The Balaban J connectivity index is 1.76. The van der Waals surface area contributed by atoms with E-state index in [0.717, 1.165) is 23.5 Å². The zero-order chi connectivity index (χ0) is 15.2. The lowest BCUT2D eigenvalue weighted by atomic mass is 9.84. The molecule has 0 unspecified atom stereocenters. The zero-order valence-electron chi connectivity index (χ0n) is 13.3. The number of anilines is 1. The van der Waals surface area contributed by atoms with Crippen LogP contribution in [-0.2, 0) is 0 Å². The molecule has 4 rings (SSSR count). The molecule has 4 atom stereocenters. The molecule has 2 saturated carbocycles. The highest BCUT2D eigenvalue weighted by molar-refractivity contribution is 5.90. The molecule has 5 nitrogen and oxygen atoms in total. The van der Waals surface area contributed by atoms with Gasteiger partial charge in [-0.25, -0.2) is 9.97 Å². The van der Waals surface area contributed by atoms with E-state index in [1.165, 1.54) is 0 Å². The number of hydrogen-bond acceptors (Lipinski definition) is 5. The van der Waals surface area contributed by atoms with Crippen LogP contribution in [0.4, 0.5) is 5.95 Å². The van der Waals surface area contributed by atoms with E-state index in [0.29, 0.717) is 23.2 Å². The van der Waals surface area contributed by atoms with Gasteiger partial charge in [0.25, 0.3) is 0 Å². The van der Waals surface area contributed by atoms with E-state index in [-0.39, 0.29) is 5.92 Å². The van der Waals surface area contributed by atoms with E-state index >= 15 is 0 Å². The second kappa shape index (κ2) is 3.64. The molecule has 0 aromatic carbocycles. The summed E-state index contributed by atoms with van der Waals surface area (Å²) in [4.78, 5) is 8.96. The van der Waals surface area contributed by atoms with Gasteiger partial charge in [-0.3, -0.25) is 0 Å². The molecule has 0 bridgehead atoms. The van der Waals surface area contributed by atoms with Crippen molar-refractivity contribution in [1.82, 2.24) is 9.97 Å². The minimum Gasteiger partial charge on any atom is -0.368 e. The van der Waals surface area contributed by atoms with Gasteiger partial charge >= 0.3 is 0 Å². The number of aryl methyl sites for hydroxylation is 2. The lowest BCUT2D eigenvalue weighted by Gasteiger charge is -2.35. The molecule has 5 heteroatoms. The number of hydrogen-bond donors (Lipinski definition) is 1. The number of aromatic nitrogens is 2. The van der Waals surface area contributed by atoms with E-state index in [2.05, 4.69) is 28.9 Å². The minimum atomic E-state index is -0.935. The second-order valence-electron chi connectivity index (χ2n) is 7.52. The number of hydrazone groups is 1. The van der Waals surface area contributed by atoms with Crippen molar-refractivity contribution in [1.29, 1.82) is 0 Å². The number of fused-ring (bicyclic) bond motifs is 3. The summed E-state index contributed by atoms with van der Waals surface area (Å²) >= 11 is 0. The topological polar surface area (TPSA) is 61.6 Å². The van der Waals surface area contributed by atoms with Crippen molar-refractivity contribution < 1.29 is 5.11 Å². The lowest BCUT2D eigenvalue weighted by Crippen LogP contribution is -2.49. The first-order chi connectivity index (χ1) is 9.75. The monoisotopic (exact) mass is 286 g/mol. The Morgan fingerprint density at radius 2 is 1.81 bits per heavy atom. The van der Waals surface area contributed by atoms with Crippen LogP contribution >= 0.6 is 0 Å². The smallest absolute Gasteiger partial charge is 0.249 e. The highest BCUT2D eigenvalue weighted by atomic mass is 16.3. The van der Waals surface area contributed by atoms with Crippen LogP contribution < -0.4 is 5.01 Å². The van der Waals surface area contributed by atoms with Crippen molar-refractivity contribution in [3.8, 4) is 0 Å². The van der Waals surface area contributed by atoms with E-state index < -0.39 is 5.72 Å². The largest absolute Gasteiger partial charge is 0.368 e. The first-order valence-electron chi connectivity index (χ1n) is 7.65. The van der Waals surface area contributed by atoms with Crippen molar-refractivity contribution >= 4 is 11.7 Å². The number of rotatable bonds is 1. The molecule has 1 aliphatic heterocycles. The molecule has 1 N–H and O–H groups in total. The van der Waals surface area contributed by atoms with Gasteiger partial charge < -0.3 is 5.11 Å². The van der Waals surface area contributed by atoms with Crippen LogP contribution in [0.5, 0.6) is 0 Å². The Labute approximate surface area is 125 Å². The molecule has 0 saturated heterocycles. The zero-order valence-corrected chi connectivity index (χ0v) is 13.3. The SMILES string of the molecule is CC1=NN(c2nc(C)cc(C)n2)[C@]2(O)C[C@H]3[C@@H]([C@H]12)C3(C)C. The first kappa shape index (κ1) is 13.2. The van der Waals surface area contributed by atoms with Gasteiger partial charge in [0, 0.05) is 23.5 Å². The summed E-state index contributed by atoms with van der Waals surface area (Å²) in [6.45, 7) is 10.5.